The van der Waals surface area contributed by atoms with Gasteiger partial charge in [0, 0.05) is 118 Å². The molecule has 85 heavy (non-hydrogen) atoms. The van der Waals surface area contributed by atoms with Crippen molar-refractivity contribution >= 4 is 46.0 Å². The minimum absolute atomic E-state index is 0.0135. The van der Waals surface area contributed by atoms with Crippen molar-refractivity contribution in [3.8, 4) is 11.3 Å². The number of likely N-dealkylation sites (tertiary alicyclic amines) is 2. The third-order valence-electron chi connectivity index (χ3n) is 21.0. The van der Waals surface area contributed by atoms with E-state index in [1.54, 1.807) is 19.4 Å². The van der Waals surface area contributed by atoms with Crippen LogP contribution in [0.5, 0.6) is 0 Å². The third-order valence-corrected chi connectivity index (χ3v) is 21.0. The molecule has 2 saturated carbocycles. The van der Waals surface area contributed by atoms with Crippen LogP contribution in [0.25, 0.3) is 22.2 Å². The first kappa shape index (κ1) is 58.9. The normalized spacial score (nSPS) is 31.5. The smallest absolute Gasteiger partial charge is 0.406 e. The van der Waals surface area contributed by atoms with Crippen LogP contribution in [-0.4, -0.2) is 219 Å². The van der Waals surface area contributed by atoms with Gasteiger partial charge in [0.15, 0.2) is 0 Å². The lowest BCUT2D eigenvalue weighted by Gasteiger charge is -2.44. The van der Waals surface area contributed by atoms with Crippen molar-refractivity contribution < 1.29 is 51.3 Å². The van der Waals surface area contributed by atoms with E-state index in [0.29, 0.717) is 117 Å². The lowest BCUT2D eigenvalue weighted by atomic mass is 9.84. The average Bonchev–Trinajstić information content (AvgIpc) is 1.92. The van der Waals surface area contributed by atoms with E-state index in [1.807, 2.05) is 39.0 Å². The number of likely N-dealkylation sites (N-methyl/N-ethyl adjacent to an activating group) is 1. The molecule has 19 nitrogen and oxygen atoms in total. The van der Waals surface area contributed by atoms with Gasteiger partial charge in [-0.3, -0.25) is 43.9 Å². The van der Waals surface area contributed by atoms with Crippen molar-refractivity contribution in [2.24, 2.45) is 22.7 Å². The summed E-state index contributed by atoms with van der Waals surface area (Å²) in [7, 11) is 3.65. The van der Waals surface area contributed by atoms with E-state index < -0.39 is 54.4 Å². The van der Waals surface area contributed by atoms with Crippen LogP contribution in [-0.2, 0) is 51.1 Å². The van der Waals surface area contributed by atoms with Crippen LogP contribution in [0.3, 0.4) is 0 Å². The Morgan fingerprint density at radius 3 is 2.51 bits per heavy atom. The van der Waals surface area contributed by atoms with Gasteiger partial charge in [-0.05, 0) is 120 Å². The lowest BCUT2D eigenvalue weighted by Crippen LogP contribution is -2.62. The third kappa shape index (κ3) is 12.0. The van der Waals surface area contributed by atoms with Crippen molar-refractivity contribution in [3.63, 3.8) is 0 Å². The number of benzene rings is 1. The number of pyridine rings is 1. The summed E-state index contributed by atoms with van der Waals surface area (Å²) in [6, 6.07) is 5.82. The van der Waals surface area contributed by atoms with Crippen molar-refractivity contribution in [1.29, 1.82) is 0 Å². The van der Waals surface area contributed by atoms with E-state index in [0.717, 1.165) is 82.6 Å². The number of nitrogens with one attached hydrogen (secondary N) is 2. The molecule has 464 valence electrons. The Balaban J connectivity index is 0.828. The van der Waals surface area contributed by atoms with Crippen molar-refractivity contribution in [2.45, 2.75) is 159 Å². The SMILES string of the molecule is CO[C@@H](C)c1ncc(N2CCN3CCOC[C@@H]3C2)cc1-c1c2c3cc(ccc3n1CC(F)(F)F)N1CCO[C@@H](C[C@H](NC(=O)[C@H](C3CCCC3)N3CC[C@]4(CCN(C(=O)[C@H]5[C@@H](C6CC6)N5C)C4)C3)C(=O)N3CCC[C@H](N3)C(=O)OCC(C)(C)C2)C1. The van der Waals surface area contributed by atoms with E-state index in [-0.39, 0.29) is 60.6 Å². The summed E-state index contributed by atoms with van der Waals surface area (Å²) in [4.78, 5) is 77.4. The molecule has 13 rings (SSSR count). The number of hydrazine groups is 1. The van der Waals surface area contributed by atoms with E-state index >= 15 is 22.8 Å². The zero-order valence-corrected chi connectivity index (χ0v) is 50.4. The number of rotatable bonds is 11. The second-order valence-corrected chi connectivity index (χ2v) is 27.6. The van der Waals surface area contributed by atoms with Crippen LogP contribution in [0.4, 0.5) is 24.5 Å². The highest BCUT2D eigenvalue weighted by atomic mass is 19.4. The number of anilines is 2. The fourth-order valence-corrected chi connectivity index (χ4v) is 16.2. The minimum atomic E-state index is -4.61. The van der Waals surface area contributed by atoms with Gasteiger partial charge in [-0.15, -0.1) is 0 Å². The molecule has 1 aromatic carbocycles. The van der Waals surface area contributed by atoms with Gasteiger partial charge in [0.2, 0.25) is 11.8 Å². The maximum Gasteiger partial charge on any atom is 0.406 e. The number of amides is 3. The van der Waals surface area contributed by atoms with Gasteiger partial charge in [-0.1, -0.05) is 26.7 Å². The van der Waals surface area contributed by atoms with E-state index in [4.69, 9.17) is 23.9 Å². The standard InChI is InChI=1S/C63H88F3N11O8/c1-39(82-5)52-47(28-43(31-67-52)72-22-21-71-23-25-83-34-44(71)32-72)55-48-30-61(2,3)38-85-60(81)49-11-8-18-77(69-49)58(79)50(29-45-33-73(24-26-84-45)42-14-15-51(46(48)27-42)76(55)37-63(64,65)66)68-57(78)54(40-9-6-7-10-40)74-19-16-62(35-74)17-20-75(36-62)59(80)56-53(70(56)4)41-12-13-41/h14-15,27-28,31,39-41,44-45,49-50,53-54,56,69H,6-13,16-26,29-30,32-38H2,1-5H3,(H,68,78)/t39-,44-,45-,49-,50-,53+,54-,56+,62-,70?/m0/s1. The van der Waals surface area contributed by atoms with Crippen LogP contribution >= 0.6 is 0 Å². The van der Waals surface area contributed by atoms with Crippen molar-refractivity contribution in [3.05, 3.63) is 41.7 Å². The highest BCUT2D eigenvalue weighted by molar-refractivity contribution is 5.95. The molecular formula is C63H88F3N11O8. The molecule has 0 radical (unpaired) electrons. The van der Waals surface area contributed by atoms with Gasteiger partial charge in [-0.2, -0.15) is 13.2 Å². The first-order chi connectivity index (χ1) is 40.8. The average molecular weight is 1180 g/mol. The van der Waals surface area contributed by atoms with Gasteiger partial charge in [-0.25, -0.2) is 5.43 Å². The number of morpholine rings is 2. The molecule has 10 atom stereocenters. The minimum Gasteiger partial charge on any atom is -0.464 e. The first-order valence-corrected chi connectivity index (χ1v) is 31.8. The molecule has 2 aliphatic carbocycles. The second kappa shape index (κ2) is 23.4. The number of nitrogens with zero attached hydrogens (tertiary/aromatic N) is 9. The molecule has 3 amide bonds. The number of hydrogen-bond acceptors (Lipinski definition) is 15. The summed E-state index contributed by atoms with van der Waals surface area (Å²) in [5.41, 5.74) is 6.40. The summed E-state index contributed by atoms with van der Waals surface area (Å²) in [6.07, 6.45) is 5.48. The van der Waals surface area contributed by atoms with Crippen LogP contribution in [0.1, 0.15) is 109 Å². The Hall–Kier alpha value is -5.10. The molecule has 3 aromatic rings. The number of methoxy groups -OCH3 is 1. The Morgan fingerprint density at radius 1 is 0.918 bits per heavy atom. The number of halogens is 3. The predicted molar refractivity (Wildman–Crippen MR) is 313 cm³/mol. The van der Waals surface area contributed by atoms with E-state index in [9.17, 15) is 9.59 Å². The molecule has 8 aliphatic heterocycles. The molecule has 2 aromatic heterocycles. The number of carbonyl (C=O) groups is 4. The molecule has 6 bridgehead atoms. The zero-order valence-electron chi connectivity index (χ0n) is 50.4. The summed E-state index contributed by atoms with van der Waals surface area (Å²) < 4.78 is 71.9. The molecular weight excluding hydrogens is 1100 g/mol. The quantitative estimate of drug-likeness (QED) is 0.175. The molecule has 10 aliphatic rings. The molecule has 22 heteroatoms. The molecule has 9 fully saturated rings. The van der Waals surface area contributed by atoms with Crippen LogP contribution in [0.15, 0.2) is 30.5 Å². The lowest BCUT2D eigenvalue weighted by molar-refractivity contribution is -0.156. The largest absolute Gasteiger partial charge is 0.464 e. The van der Waals surface area contributed by atoms with Crippen molar-refractivity contribution in [2.75, 3.05) is 122 Å². The highest BCUT2D eigenvalue weighted by Gasteiger charge is 2.59. The van der Waals surface area contributed by atoms with Crippen LogP contribution in [0.2, 0.25) is 0 Å². The fraction of sp³-hybridized carbons (Fsp3) is 0.730. The number of piperazine rings is 1. The Morgan fingerprint density at radius 2 is 1.72 bits per heavy atom. The number of ether oxygens (including phenoxy) is 4. The summed E-state index contributed by atoms with van der Waals surface area (Å²) >= 11 is 0. The number of fused-ring (bicyclic) bond motifs is 7. The van der Waals surface area contributed by atoms with Gasteiger partial charge < -0.3 is 43.5 Å². The number of esters is 1. The highest BCUT2D eigenvalue weighted by Crippen LogP contribution is 2.49. The topological polar surface area (TPSA) is 170 Å². The number of cyclic esters (lactones) is 1. The van der Waals surface area contributed by atoms with E-state index in [1.165, 1.54) is 22.4 Å². The molecule has 10 heterocycles. The van der Waals surface area contributed by atoms with Gasteiger partial charge >= 0.3 is 12.1 Å². The zero-order chi connectivity index (χ0) is 59.1. The van der Waals surface area contributed by atoms with E-state index in [2.05, 4.69) is 47.2 Å². The van der Waals surface area contributed by atoms with Gasteiger partial charge in [0.25, 0.3) is 5.91 Å². The van der Waals surface area contributed by atoms with Crippen LogP contribution in [0, 0.1) is 22.7 Å². The maximum atomic E-state index is 15.4. The summed E-state index contributed by atoms with van der Waals surface area (Å²) in [5.74, 6) is -0.0844. The van der Waals surface area contributed by atoms with Gasteiger partial charge in [0.1, 0.15) is 24.7 Å². The maximum absolute atomic E-state index is 15.4. The Bertz CT molecular complexity index is 3010. The predicted octanol–water partition coefficient (Wildman–Crippen LogP) is 5.77. The second-order valence-electron chi connectivity index (χ2n) is 27.6. The Labute approximate surface area is 497 Å². The summed E-state index contributed by atoms with van der Waals surface area (Å²) in [6.45, 7) is 13.1. The molecule has 1 unspecified atom stereocenters. The van der Waals surface area contributed by atoms with Crippen LogP contribution < -0.4 is 20.5 Å². The molecule has 1 spiro atoms. The number of hydrogen-bond donors (Lipinski definition) is 2. The van der Waals surface area contributed by atoms with Gasteiger partial charge in [0.05, 0.1) is 74.0 Å². The number of aromatic nitrogens is 2. The number of alkyl halides is 3. The Kier molecular flexibility index (Phi) is 16.2. The fourth-order valence-electron chi connectivity index (χ4n) is 16.2. The number of carbonyl (C=O) groups excluding carboxylic acids is 4. The first-order valence-electron chi connectivity index (χ1n) is 31.8. The molecule has 7 saturated heterocycles. The summed E-state index contributed by atoms with van der Waals surface area (Å²) in [5, 5.41) is 5.45. The van der Waals surface area contributed by atoms with Crippen molar-refractivity contribution in [1.82, 2.24) is 44.9 Å². The monoisotopic (exact) mass is 1180 g/mol. The molecule has 2 N–H and O–H groups in total.